The first-order valence-electron chi connectivity index (χ1n) is 7.48. The molecule has 0 heterocycles. The summed E-state index contributed by atoms with van der Waals surface area (Å²) in [6.07, 6.45) is 0. The van der Waals surface area contributed by atoms with Gasteiger partial charge in [-0.05, 0) is 60.7 Å². The molecule has 0 aliphatic rings. The van der Waals surface area contributed by atoms with Gasteiger partial charge >= 0.3 is 0 Å². The highest BCUT2D eigenvalue weighted by molar-refractivity contribution is 6.30. The molecule has 0 aromatic heterocycles. The molecule has 0 radical (unpaired) electrons. The first-order chi connectivity index (χ1) is 9.88. The Kier molecular flexibility index (Phi) is 5.08. The lowest BCUT2D eigenvalue weighted by Crippen LogP contribution is -2.22. The maximum Gasteiger partial charge on any atom is 0.0409 e. The molecule has 2 rings (SSSR count). The summed E-state index contributed by atoms with van der Waals surface area (Å²) >= 11 is 6.20. The van der Waals surface area contributed by atoms with Crippen LogP contribution in [0.3, 0.4) is 0 Å². The van der Waals surface area contributed by atoms with Crippen LogP contribution in [0.4, 0.5) is 0 Å². The predicted molar refractivity (Wildman–Crippen MR) is 93.1 cm³/mol. The first-order valence-corrected chi connectivity index (χ1v) is 7.86. The summed E-state index contributed by atoms with van der Waals surface area (Å²) in [5, 5.41) is 4.28. The molecule has 2 aromatic rings. The molecule has 0 saturated carbocycles. The van der Waals surface area contributed by atoms with E-state index in [4.69, 9.17) is 11.6 Å². The lowest BCUT2D eigenvalue weighted by molar-refractivity contribution is 0.589. The minimum Gasteiger partial charge on any atom is -0.310 e. The van der Waals surface area contributed by atoms with Crippen LogP contribution in [0.2, 0.25) is 5.02 Å². The second kappa shape index (κ2) is 6.64. The van der Waals surface area contributed by atoms with Crippen LogP contribution in [-0.4, -0.2) is 6.04 Å². The van der Waals surface area contributed by atoms with Gasteiger partial charge in [0.2, 0.25) is 0 Å². The van der Waals surface area contributed by atoms with Crippen molar-refractivity contribution in [3.63, 3.8) is 0 Å². The third kappa shape index (κ3) is 3.87. The van der Waals surface area contributed by atoms with Gasteiger partial charge in [-0.25, -0.2) is 0 Å². The van der Waals surface area contributed by atoms with Gasteiger partial charge in [0.25, 0.3) is 0 Å². The van der Waals surface area contributed by atoms with Gasteiger partial charge in [0.15, 0.2) is 0 Å². The van der Waals surface area contributed by atoms with Crippen LogP contribution in [0.15, 0.2) is 30.3 Å². The number of hydrogen-bond donors (Lipinski definition) is 1. The summed E-state index contributed by atoms with van der Waals surface area (Å²) in [6, 6.07) is 11.1. The average Bonchev–Trinajstić information content (AvgIpc) is 2.37. The molecule has 0 amide bonds. The topological polar surface area (TPSA) is 12.0 Å². The molecule has 0 atom stereocenters. The van der Waals surface area contributed by atoms with Crippen molar-refractivity contribution >= 4 is 11.6 Å². The second-order valence-corrected chi connectivity index (χ2v) is 6.55. The fourth-order valence-corrected chi connectivity index (χ4v) is 3.07. The normalized spacial score (nSPS) is 11.2. The Labute approximate surface area is 133 Å². The molecule has 0 aliphatic heterocycles. The zero-order chi connectivity index (χ0) is 15.6. The standard InChI is InChI=1S/C19H24ClN/c1-12(2)21-11-16-10-17(20)6-7-18(16)19-14(4)8-13(3)9-15(19)5/h6-10,12,21H,11H2,1-5H3. The monoisotopic (exact) mass is 301 g/mol. The number of halogens is 1. The van der Waals surface area contributed by atoms with Crippen LogP contribution < -0.4 is 5.32 Å². The summed E-state index contributed by atoms with van der Waals surface area (Å²) in [4.78, 5) is 0. The van der Waals surface area contributed by atoms with Crippen LogP contribution in [-0.2, 0) is 6.54 Å². The Morgan fingerprint density at radius 1 is 1.00 bits per heavy atom. The molecule has 0 unspecified atom stereocenters. The molecule has 0 saturated heterocycles. The molecular weight excluding hydrogens is 278 g/mol. The molecule has 0 fully saturated rings. The van der Waals surface area contributed by atoms with Gasteiger partial charge in [0.05, 0.1) is 0 Å². The number of rotatable bonds is 4. The molecule has 0 aliphatic carbocycles. The lowest BCUT2D eigenvalue weighted by Gasteiger charge is -2.17. The minimum absolute atomic E-state index is 0.456. The molecule has 112 valence electrons. The van der Waals surface area contributed by atoms with Crippen LogP contribution in [0.5, 0.6) is 0 Å². The van der Waals surface area contributed by atoms with Crippen molar-refractivity contribution < 1.29 is 0 Å². The fraction of sp³-hybridized carbons (Fsp3) is 0.368. The lowest BCUT2D eigenvalue weighted by atomic mass is 9.91. The Balaban J connectivity index is 2.53. The number of hydrogen-bond acceptors (Lipinski definition) is 1. The van der Waals surface area contributed by atoms with Crippen molar-refractivity contribution in [3.8, 4) is 11.1 Å². The van der Waals surface area contributed by atoms with Crippen molar-refractivity contribution in [2.75, 3.05) is 0 Å². The van der Waals surface area contributed by atoms with E-state index in [2.05, 4.69) is 64.2 Å². The van der Waals surface area contributed by atoms with Crippen molar-refractivity contribution in [1.29, 1.82) is 0 Å². The zero-order valence-electron chi connectivity index (χ0n) is 13.5. The van der Waals surface area contributed by atoms with Crippen LogP contribution >= 0.6 is 11.6 Å². The zero-order valence-corrected chi connectivity index (χ0v) is 14.3. The first kappa shape index (κ1) is 16.1. The van der Waals surface area contributed by atoms with E-state index in [9.17, 15) is 0 Å². The fourth-order valence-electron chi connectivity index (χ4n) is 2.87. The molecule has 0 bridgehead atoms. The van der Waals surface area contributed by atoms with Gasteiger partial charge in [-0.15, -0.1) is 0 Å². The van der Waals surface area contributed by atoms with Crippen LogP contribution in [0.25, 0.3) is 11.1 Å². The molecule has 1 N–H and O–H groups in total. The highest BCUT2D eigenvalue weighted by Gasteiger charge is 2.12. The Morgan fingerprint density at radius 3 is 2.19 bits per heavy atom. The average molecular weight is 302 g/mol. The SMILES string of the molecule is Cc1cc(C)c(-c2ccc(Cl)cc2CNC(C)C)c(C)c1. The molecule has 21 heavy (non-hydrogen) atoms. The molecule has 2 heteroatoms. The largest absolute Gasteiger partial charge is 0.310 e. The molecular formula is C19H24ClN. The maximum absolute atomic E-state index is 6.20. The van der Waals surface area contributed by atoms with Crippen molar-refractivity contribution in [2.45, 2.75) is 47.2 Å². The number of nitrogens with one attached hydrogen (secondary N) is 1. The third-order valence-corrected chi connectivity index (χ3v) is 3.95. The summed E-state index contributed by atoms with van der Waals surface area (Å²) in [5.41, 5.74) is 7.82. The maximum atomic E-state index is 6.20. The number of aryl methyl sites for hydroxylation is 3. The molecule has 1 nitrogen and oxygen atoms in total. The van der Waals surface area contributed by atoms with E-state index in [0.717, 1.165) is 11.6 Å². The van der Waals surface area contributed by atoms with Gasteiger partial charge in [-0.1, -0.05) is 49.2 Å². The highest BCUT2D eigenvalue weighted by atomic mass is 35.5. The van der Waals surface area contributed by atoms with Crippen LogP contribution in [0, 0.1) is 20.8 Å². The van der Waals surface area contributed by atoms with E-state index in [1.807, 2.05) is 6.07 Å². The Bertz CT molecular complexity index is 621. The smallest absolute Gasteiger partial charge is 0.0409 e. The van der Waals surface area contributed by atoms with Gasteiger partial charge in [-0.2, -0.15) is 0 Å². The van der Waals surface area contributed by atoms with Crippen molar-refractivity contribution in [3.05, 3.63) is 57.6 Å². The quantitative estimate of drug-likeness (QED) is 0.794. The summed E-state index contributed by atoms with van der Waals surface area (Å²) in [6.45, 7) is 11.7. The van der Waals surface area contributed by atoms with Crippen molar-refractivity contribution in [1.82, 2.24) is 5.32 Å². The van der Waals surface area contributed by atoms with E-state index in [1.165, 1.54) is 33.4 Å². The van der Waals surface area contributed by atoms with Crippen LogP contribution in [0.1, 0.15) is 36.1 Å². The summed E-state index contributed by atoms with van der Waals surface area (Å²) < 4.78 is 0. The molecule has 2 aromatic carbocycles. The van der Waals surface area contributed by atoms with E-state index in [1.54, 1.807) is 0 Å². The number of benzene rings is 2. The third-order valence-electron chi connectivity index (χ3n) is 3.71. The predicted octanol–water partition coefficient (Wildman–Crippen LogP) is 5.43. The summed E-state index contributed by atoms with van der Waals surface area (Å²) in [7, 11) is 0. The van der Waals surface area contributed by atoms with Crippen molar-refractivity contribution in [2.24, 2.45) is 0 Å². The highest BCUT2D eigenvalue weighted by Crippen LogP contribution is 2.32. The summed E-state index contributed by atoms with van der Waals surface area (Å²) in [5.74, 6) is 0. The molecule has 0 spiro atoms. The van der Waals surface area contributed by atoms with E-state index >= 15 is 0 Å². The van der Waals surface area contributed by atoms with E-state index in [0.29, 0.717) is 6.04 Å². The van der Waals surface area contributed by atoms with E-state index < -0.39 is 0 Å². The Morgan fingerprint density at radius 2 is 1.62 bits per heavy atom. The second-order valence-electron chi connectivity index (χ2n) is 6.11. The van der Waals surface area contributed by atoms with E-state index in [-0.39, 0.29) is 0 Å². The minimum atomic E-state index is 0.456. The van der Waals surface area contributed by atoms with Gasteiger partial charge < -0.3 is 5.32 Å². The van der Waals surface area contributed by atoms with Gasteiger partial charge in [0.1, 0.15) is 0 Å². The van der Waals surface area contributed by atoms with Gasteiger partial charge in [0, 0.05) is 17.6 Å². The Hall–Kier alpha value is -1.31. The van der Waals surface area contributed by atoms with Gasteiger partial charge in [-0.3, -0.25) is 0 Å².